The summed E-state index contributed by atoms with van der Waals surface area (Å²) in [5, 5.41) is 19.4. The van der Waals surface area contributed by atoms with Gasteiger partial charge in [0.2, 0.25) is 0 Å². The van der Waals surface area contributed by atoms with E-state index in [9.17, 15) is 10.2 Å². The maximum Gasteiger partial charge on any atom is 0.253 e. The third-order valence-electron chi connectivity index (χ3n) is 3.17. The van der Waals surface area contributed by atoms with Crippen molar-refractivity contribution in [2.24, 2.45) is 10.9 Å². The summed E-state index contributed by atoms with van der Waals surface area (Å²) in [5.74, 6) is 0.974. The number of hydrogen-bond donors (Lipinski definition) is 2. The van der Waals surface area contributed by atoms with Crippen LogP contribution >= 0.6 is 0 Å². The maximum absolute atomic E-state index is 9.74. The Labute approximate surface area is 118 Å². The van der Waals surface area contributed by atoms with Gasteiger partial charge < -0.3 is 15.1 Å². The molecular weight excluding hydrogens is 256 g/mol. The summed E-state index contributed by atoms with van der Waals surface area (Å²) in [5.41, 5.74) is 0. The third-order valence-corrected chi connectivity index (χ3v) is 3.17. The van der Waals surface area contributed by atoms with Crippen molar-refractivity contribution in [1.82, 2.24) is 14.9 Å². The molecule has 6 heteroatoms. The molecule has 2 N–H and O–H groups in total. The van der Waals surface area contributed by atoms with Gasteiger partial charge in [0.25, 0.3) is 5.88 Å². The lowest BCUT2D eigenvalue weighted by atomic mass is 10.0. The number of aliphatic hydroxyl groups excluding tert-OH is 2. The summed E-state index contributed by atoms with van der Waals surface area (Å²) in [4.78, 5) is 14.3. The molecular formula is C14H20N4O2. The molecule has 0 aromatic carbocycles. The fourth-order valence-corrected chi connectivity index (χ4v) is 2.30. The molecule has 108 valence electrons. The highest BCUT2D eigenvalue weighted by Crippen LogP contribution is 2.20. The van der Waals surface area contributed by atoms with Gasteiger partial charge in [0.05, 0.1) is 6.54 Å². The summed E-state index contributed by atoms with van der Waals surface area (Å²) >= 11 is 0. The van der Waals surface area contributed by atoms with Crippen LogP contribution in [0.5, 0.6) is 0 Å². The van der Waals surface area contributed by atoms with E-state index in [4.69, 9.17) is 0 Å². The van der Waals surface area contributed by atoms with Crippen LogP contribution in [-0.4, -0.2) is 43.5 Å². The second-order valence-electron chi connectivity index (χ2n) is 5.38. The van der Waals surface area contributed by atoms with E-state index in [2.05, 4.69) is 35.7 Å². The Hall–Kier alpha value is -2.11. The Morgan fingerprint density at radius 3 is 2.45 bits per heavy atom. The number of aliphatic hydroxyl groups is 2. The zero-order valence-electron chi connectivity index (χ0n) is 12.0. The fourth-order valence-electron chi connectivity index (χ4n) is 2.30. The van der Waals surface area contributed by atoms with Crippen LogP contribution in [-0.2, 0) is 0 Å². The van der Waals surface area contributed by atoms with Crippen LogP contribution in [0.15, 0.2) is 35.1 Å². The smallest absolute Gasteiger partial charge is 0.253 e. The Morgan fingerprint density at radius 1 is 1.20 bits per heavy atom. The van der Waals surface area contributed by atoms with E-state index < -0.39 is 0 Å². The molecule has 0 aliphatic carbocycles. The van der Waals surface area contributed by atoms with Gasteiger partial charge in [-0.3, -0.25) is 0 Å². The van der Waals surface area contributed by atoms with Crippen LogP contribution in [0.2, 0.25) is 0 Å². The van der Waals surface area contributed by atoms with Gasteiger partial charge in [-0.2, -0.15) is 4.99 Å². The third kappa shape index (κ3) is 3.07. The Kier molecular flexibility index (Phi) is 4.22. The molecule has 0 amide bonds. The number of nitrogens with zero attached hydrogens (tertiary/aromatic N) is 4. The van der Waals surface area contributed by atoms with Gasteiger partial charge in [0.1, 0.15) is 0 Å². The van der Waals surface area contributed by atoms with Crippen LogP contribution < -0.4 is 0 Å². The molecule has 0 saturated carbocycles. The van der Waals surface area contributed by atoms with Crippen LogP contribution in [0, 0.1) is 5.92 Å². The lowest BCUT2D eigenvalue weighted by Gasteiger charge is -2.34. The topological polar surface area (TPSA) is 81.8 Å². The van der Waals surface area contributed by atoms with E-state index in [-0.39, 0.29) is 24.2 Å². The first-order valence-corrected chi connectivity index (χ1v) is 6.72. The molecule has 2 heterocycles. The van der Waals surface area contributed by atoms with E-state index >= 15 is 0 Å². The average Bonchev–Trinajstić information content (AvgIpc) is 2.41. The minimum atomic E-state index is -0.361. The molecule has 1 aliphatic rings. The van der Waals surface area contributed by atoms with Crippen LogP contribution in [0.3, 0.4) is 0 Å². The number of rotatable bonds is 4. The monoisotopic (exact) mass is 276 g/mol. The first-order chi connectivity index (χ1) is 9.49. The fraction of sp³-hybridized carbons (Fsp3) is 0.500. The van der Waals surface area contributed by atoms with Crippen molar-refractivity contribution in [3.63, 3.8) is 0 Å². The van der Waals surface area contributed by atoms with Crippen LogP contribution in [0.4, 0.5) is 0 Å². The van der Waals surface area contributed by atoms with E-state index in [1.54, 1.807) is 18.5 Å². The highest BCUT2D eigenvalue weighted by molar-refractivity contribution is 5.96. The summed E-state index contributed by atoms with van der Waals surface area (Å²) in [6.45, 7) is 6.57. The van der Waals surface area contributed by atoms with Crippen molar-refractivity contribution in [2.45, 2.75) is 33.2 Å². The van der Waals surface area contributed by atoms with Crippen LogP contribution in [0.25, 0.3) is 0 Å². The quantitative estimate of drug-likeness (QED) is 0.881. The summed E-state index contributed by atoms with van der Waals surface area (Å²) in [6.07, 6.45) is 4.20. The number of aliphatic imine (C=N–C) groups is 1. The normalized spacial score (nSPS) is 17.4. The van der Waals surface area contributed by atoms with Crippen molar-refractivity contribution in [2.75, 3.05) is 6.54 Å². The summed E-state index contributed by atoms with van der Waals surface area (Å²) < 4.78 is 0. The lowest BCUT2D eigenvalue weighted by Crippen LogP contribution is -2.44. The van der Waals surface area contributed by atoms with Crippen LogP contribution in [0.1, 0.15) is 33.0 Å². The molecule has 0 radical (unpaired) electrons. The van der Waals surface area contributed by atoms with Crippen molar-refractivity contribution in [1.29, 1.82) is 0 Å². The standard InChI is InChI=1S/C14H20N4O2/c1-9(2)7-10(3)18-8-11(19)14(20)17-13(18)12-15-5-4-6-16-12/h4-6,9-10,19-20H,7-8H2,1-3H3. The molecule has 1 aliphatic heterocycles. The van der Waals surface area contributed by atoms with E-state index in [1.165, 1.54) is 0 Å². The molecule has 2 rings (SSSR count). The Bertz CT molecular complexity index is 525. The van der Waals surface area contributed by atoms with Gasteiger partial charge in [0, 0.05) is 18.4 Å². The Morgan fingerprint density at radius 2 is 1.85 bits per heavy atom. The first-order valence-electron chi connectivity index (χ1n) is 6.72. The predicted octanol–water partition coefficient (Wildman–Crippen LogP) is 2.26. The van der Waals surface area contributed by atoms with Crippen molar-refractivity contribution in [3.8, 4) is 0 Å². The van der Waals surface area contributed by atoms with Crippen molar-refractivity contribution in [3.05, 3.63) is 35.9 Å². The Balaban J connectivity index is 2.34. The number of hydrogen-bond acceptors (Lipinski definition) is 6. The molecule has 0 bridgehead atoms. The highest BCUT2D eigenvalue weighted by atomic mass is 16.3. The average molecular weight is 276 g/mol. The molecule has 1 aromatic heterocycles. The molecule has 1 aromatic rings. The van der Waals surface area contributed by atoms with Gasteiger partial charge in [-0.05, 0) is 25.3 Å². The van der Waals surface area contributed by atoms with E-state index in [1.807, 2.05) is 4.90 Å². The second kappa shape index (κ2) is 5.90. The van der Waals surface area contributed by atoms with Gasteiger partial charge in [-0.15, -0.1) is 0 Å². The van der Waals surface area contributed by atoms with Gasteiger partial charge >= 0.3 is 0 Å². The minimum Gasteiger partial charge on any atom is -0.506 e. The zero-order chi connectivity index (χ0) is 14.7. The first kappa shape index (κ1) is 14.3. The van der Waals surface area contributed by atoms with Gasteiger partial charge in [-0.25, -0.2) is 9.97 Å². The van der Waals surface area contributed by atoms with Crippen molar-refractivity contribution >= 4 is 5.84 Å². The molecule has 20 heavy (non-hydrogen) atoms. The van der Waals surface area contributed by atoms with E-state index in [0.717, 1.165) is 6.42 Å². The van der Waals surface area contributed by atoms with Gasteiger partial charge in [-0.1, -0.05) is 13.8 Å². The molecule has 0 saturated heterocycles. The second-order valence-corrected chi connectivity index (χ2v) is 5.38. The molecule has 0 fully saturated rings. The van der Waals surface area contributed by atoms with Gasteiger partial charge in [0.15, 0.2) is 17.4 Å². The lowest BCUT2D eigenvalue weighted by molar-refractivity contribution is 0.229. The summed E-state index contributed by atoms with van der Waals surface area (Å²) in [7, 11) is 0. The number of aromatic nitrogens is 2. The highest BCUT2D eigenvalue weighted by Gasteiger charge is 2.28. The number of amidine groups is 1. The predicted molar refractivity (Wildman–Crippen MR) is 76.5 cm³/mol. The molecule has 6 nitrogen and oxygen atoms in total. The zero-order valence-corrected chi connectivity index (χ0v) is 12.0. The summed E-state index contributed by atoms with van der Waals surface area (Å²) in [6, 6.07) is 1.88. The van der Waals surface area contributed by atoms with E-state index in [0.29, 0.717) is 17.6 Å². The van der Waals surface area contributed by atoms with Crippen molar-refractivity contribution < 1.29 is 10.2 Å². The minimum absolute atomic E-state index is 0.125. The maximum atomic E-state index is 9.74. The largest absolute Gasteiger partial charge is 0.506 e. The molecule has 1 unspecified atom stereocenters. The SMILES string of the molecule is CC(C)CC(C)N1CC(O)=C(O)N=C1c1ncccn1. The molecule has 1 atom stereocenters. The molecule has 0 spiro atoms.